The molecule has 0 aromatic heterocycles. The maximum Gasteiger partial charge on any atom is 0.169 e. The van der Waals surface area contributed by atoms with E-state index in [1.807, 2.05) is 18.2 Å². The van der Waals surface area contributed by atoms with Gasteiger partial charge in [0, 0.05) is 10.5 Å². The van der Waals surface area contributed by atoms with E-state index in [-0.39, 0.29) is 0 Å². The predicted octanol–water partition coefficient (Wildman–Crippen LogP) is 6.06. The van der Waals surface area contributed by atoms with Crippen molar-refractivity contribution in [2.24, 2.45) is 0 Å². The third kappa shape index (κ3) is 2.44. The molecule has 106 valence electrons. The standard InChI is InChI=1S/C18H14Cl2S/c1-12-16(13-6-4-3-5-7-13)17(18(12,19)20)14-8-10-15(21-2)11-9-14/h3-11H,1H2,2H3. The average molecular weight is 333 g/mol. The number of thioether (sulfide) groups is 1. The zero-order chi connectivity index (χ0) is 15.0. The Hall–Kier alpha value is -1.15. The van der Waals surface area contributed by atoms with Gasteiger partial charge in [0.25, 0.3) is 0 Å². The zero-order valence-corrected chi connectivity index (χ0v) is 13.9. The molecule has 0 atom stereocenters. The summed E-state index contributed by atoms with van der Waals surface area (Å²) in [6, 6.07) is 18.4. The summed E-state index contributed by atoms with van der Waals surface area (Å²) in [6.07, 6.45) is 2.06. The van der Waals surface area contributed by atoms with Crippen LogP contribution in [-0.4, -0.2) is 10.6 Å². The molecule has 1 aliphatic carbocycles. The zero-order valence-electron chi connectivity index (χ0n) is 11.6. The number of hydrogen-bond donors (Lipinski definition) is 0. The third-order valence-corrected chi connectivity index (χ3v) is 5.26. The highest BCUT2D eigenvalue weighted by Crippen LogP contribution is 2.59. The monoisotopic (exact) mass is 332 g/mol. The molecule has 0 radical (unpaired) electrons. The van der Waals surface area contributed by atoms with E-state index in [0.29, 0.717) is 0 Å². The first-order valence-electron chi connectivity index (χ1n) is 6.58. The van der Waals surface area contributed by atoms with Crippen LogP contribution in [0.3, 0.4) is 0 Å². The van der Waals surface area contributed by atoms with E-state index in [2.05, 4.69) is 49.2 Å². The summed E-state index contributed by atoms with van der Waals surface area (Å²) in [6.45, 7) is 4.05. The second kappa shape index (κ2) is 5.57. The van der Waals surface area contributed by atoms with Gasteiger partial charge in [-0.2, -0.15) is 0 Å². The lowest BCUT2D eigenvalue weighted by Gasteiger charge is -2.39. The van der Waals surface area contributed by atoms with Gasteiger partial charge in [0.2, 0.25) is 0 Å². The summed E-state index contributed by atoms with van der Waals surface area (Å²) in [5.41, 5.74) is 4.90. The molecule has 0 spiro atoms. The minimum atomic E-state index is -1.01. The number of rotatable bonds is 3. The first kappa shape index (κ1) is 14.8. The van der Waals surface area contributed by atoms with Gasteiger partial charge in [0.15, 0.2) is 4.33 Å². The number of hydrogen-bond acceptors (Lipinski definition) is 1. The summed E-state index contributed by atoms with van der Waals surface area (Å²) < 4.78 is -1.01. The van der Waals surface area contributed by atoms with Gasteiger partial charge in [0.1, 0.15) is 0 Å². The molecule has 3 heteroatoms. The summed E-state index contributed by atoms with van der Waals surface area (Å²) in [5, 5.41) is 0. The van der Waals surface area contributed by atoms with E-state index in [4.69, 9.17) is 23.2 Å². The van der Waals surface area contributed by atoms with Gasteiger partial charge < -0.3 is 0 Å². The van der Waals surface area contributed by atoms with Crippen LogP contribution in [-0.2, 0) is 0 Å². The Labute approximate surface area is 139 Å². The Morgan fingerprint density at radius 3 is 2.10 bits per heavy atom. The van der Waals surface area contributed by atoms with Gasteiger partial charge in [-0.25, -0.2) is 0 Å². The Kier molecular flexibility index (Phi) is 3.92. The molecule has 0 saturated heterocycles. The van der Waals surface area contributed by atoms with E-state index in [0.717, 1.165) is 27.8 Å². The highest BCUT2D eigenvalue weighted by Gasteiger charge is 2.46. The number of allylic oxidation sites excluding steroid dienone is 3. The van der Waals surface area contributed by atoms with Crippen molar-refractivity contribution < 1.29 is 0 Å². The molecule has 0 amide bonds. The van der Waals surface area contributed by atoms with Crippen molar-refractivity contribution in [3.8, 4) is 0 Å². The SMILES string of the molecule is C=C1C(c2ccccc2)=C(c2ccc(SC)cc2)C1(Cl)Cl. The summed E-state index contributed by atoms with van der Waals surface area (Å²) in [4.78, 5) is 1.22. The Morgan fingerprint density at radius 1 is 0.905 bits per heavy atom. The van der Waals surface area contributed by atoms with E-state index < -0.39 is 4.33 Å². The van der Waals surface area contributed by atoms with Gasteiger partial charge >= 0.3 is 0 Å². The molecule has 0 bridgehead atoms. The van der Waals surface area contributed by atoms with Crippen molar-refractivity contribution in [2.45, 2.75) is 9.23 Å². The molecule has 0 fully saturated rings. The smallest absolute Gasteiger partial charge is 0.130 e. The second-order valence-corrected chi connectivity index (χ2v) is 7.10. The average Bonchev–Trinajstić information content (AvgIpc) is 2.53. The van der Waals surface area contributed by atoms with Gasteiger partial charge in [0.05, 0.1) is 0 Å². The fraction of sp³-hybridized carbons (Fsp3) is 0.111. The molecule has 21 heavy (non-hydrogen) atoms. The van der Waals surface area contributed by atoms with E-state index in [1.165, 1.54) is 4.90 Å². The van der Waals surface area contributed by atoms with Crippen molar-refractivity contribution in [1.29, 1.82) is 0 Å². The Bertz CT molecular complexity index is 713. The third-order valence-electron chi connectivity index (χ3n) is 3.69. The maximum atomic E-state index is 6.48. The van der Waals surface area contributed by atoms with Crippen LogP contribution in [0.5, 0.6) is 0 Å². The summed E-state index contributed by atoms with van der Waals surface area (Å²) >= 11 is 14.7. The van der Waals surface area contributed by atoms with Gasteiger partial charge in [-0.05, 0) is 40.7 Å². The van der Waals surface area contributed by atoms with Crippen LogP contribution in [0.1, 0.15) is 11.1 Å². The predicted molar refractivity (Wildman–Crippen MR) is 95.1 cm³/mol. The summed E-state index contributed by atoms with van der Waals surface area (Å²) in [7, 11) is 0. The molecule has 0 nitrogen and oxygen atoms in total. The molecule has 0 saturated carbocycles. The van der Waals surface area contributed by atoms with Crippen LogP contribution in [0.25, 0.3) is 11.1 Å². The first-order chi connectivity index (χ1) is 10.1. The molecular formula is C18H14Cl2S. The fourth-order valence-electron chi connectivity index (χ4n) is 2.56. The first-order valence-corrected chi connectivity index (χ1v) is 8.56. The molecule has 3 rings (SSSR count). The molecule has 0 heterocycles. The van der Waals surface area contributed by atoms with Crippen molar-refractivity contribution in [3.05, 3.63) is 77.9 Å². The maximum absolute atomic E-state index is 6.48. The minimum Gasteiger partial charge on any atom is -0.130 e. The largest absolute Gasteiger partial charge is 0.169 e. The molecule has 0 aliphatic heterocycles. The van der Waals surface area contributed by atoms with Crippen LogP contribution >= 0.6 is 35.0 Å². The lowest BCUT2D eigenvalue weighted by atomic mass is 9.75. The molecule has 0 N–H and O–H groups in total. The van der Waals surface area contributed by atoms with E-state index in [9.17, 15) is 0 Å². The topological polar surface area (TPSA) is 0 Å². The van der Waals surface area contributed by atoms with Crippen molar-refractivity contribution in [1.82, 2.24) is 0 Å². The molecule has 1 aliphatic rings. The molecule has 0 unspecified atom stereocenters. The van der Waals surface area contributed by atoms with Crippen LogP contribution < -0.4 is 0 Å². The number of halogens is 2. The Morgan fingerprint density at radius 2 is 1.52 bits per heavy atom. The van der Waals surface area contributed by atoms with Gasteiger partial charge in [-0.1, -0.05) is 72.2 Å². The van der Waals surface area contributed by atoms with Crippen molar-refractivity contribution in [3.63, 3.8) is 0 Å². The Balaban J connectivity index is 2.15. The quantitative estimate of drug-likeness (QED) is 0.486. The van der Waals surface area contributed by atoms with E-state index in [1.54, 1.807) is 11.8 Å². The van der Waals surface area contributed by atoms with E-state index >= 15 is 0 Å². The number of benzene rings is 2. The van der Waals surface area contributed by atoms with Gasteiger partial charge in [-0.3, -0.25) is 0 Å². The lowest BCUT2D eigenvalue weighted by molar-refractivity contribution is 1.15. The highest BCUT2D eigenvalue weighted by atomic mass is 35.5. The molecule has 2 aromatic rings. The number of alkyl halides is 2. The van der Waals surface area contributed by atoms with Crippen LogP contribution in [0.4, 0.5) is 0 Å². The van der Waals surface area contributed by atoms with Crippen LogP contribution in [0.2, 0.25) is 0 Å². The fourth-order valence-corrected chi connectivity index (χ4v) is 3.56. The summed E-state index contributed by atoms with van der Waals surface area (Å²) in [5.74, 6) is 0. The van der Waals surface area contributed by atoms with Crippen LogP contribution in [0, 0.1) is 0 Å². The molecule has 2 aromatic carbocycles. The highest BCUT2D eigenvalue weighted by molar-refractivity contribution is 7.98. The minimum absolute atomic E-state index is 0.765. The molecular weight excluding hydrogens is 319 g/mol. The second-order valence-electron chi connectivity index (χ2n) is 4.90. The van der Waals surface area contributed by atoms with Crippen molar-refractivity contribution >= 4 is 46.1 Å². The lowest BCUT2D eigenvalue weighted by Crippen LogP contribution is -2.30. The van der Waals surface area contributed by atoms with Crippen LogP contribution in [0.15, 0.2) is 71.6 Å². The normalized spacial score (nSPS) is 16.8. The van der Waals surface area contributed by atoms with Crippen molar-refractivity contribution in [2.75, 3.05) is 6.26 Å². The van der Waals surface area contributed by atoms with Gasteiger partial charge in [-0.15, -0.1) is 11.8 Å².